The number of benzene rings is 1. The Morgan fingerprint density at radius 2 is 2.20 bits per heavy atom. The lowest BCUT2D eigenvalue weighted by atomic mass is 10.1. The number of nitrogens with zero attached hydrogens (tertiary/aromatic N) is 3. The monoisotopic (exact) mass is 340 g/mol. The number of rotatable bonds is 5. The molecule has 25 heavy (non-hydrogen) atoms. The van der Waals surface area contributed by atoms with Gasteiger partial charge in [-0.25, -0.2) is 9.97 Å². The molecule has 6 heteroatoms. The Bertz CT molecular complexity index is 735. The molecule has 1 unspecified atom stereocenters. The quantitative estimate of drug-likeness (QED) is 0.902. The van der Waals surface area contributed by atoms with Gasteiger partial charge in [-0.3, -0.25) is 9.69 Å². The van der Waals surface area contributed by atoms with Crippen LogP contribution in [0.5, 0.6) is 0 Å². The Labute approximate surface area is 148 Å². The molecule has 0 bridgehead atoms. The molecular formula is C19H24N4O2. The largest absolute Gasteiger partial charge is 0.368 e. The number of ether oxygens (including phenoxy) is 1. The predicted molar refractivity (Wildman–Crippen MR) is 94.7 cm³/mol. The summed E-state index contributed by atoms with van der Waals surface area (Å²) in [5.74, 6) is 0.607. The van der Waals surface area contributed by atoms with E-state index in [-0.39, 0.29) is 12.0 Å². The van der Waals surface area contributed by atoms with E-state index in [0.717, 1.165) is 25.3 Å². The highest BCUT2D eigenvalue weighted by Gasteiger charge is 2.24. The zero-order valence-corrected chi connectivity index (χ0v) is 14.7. The van der Waals surface area contributed by atoms with E-state index in [1.165, 1.54) is 18.1 Å². The van der Waals surface area contributed by atoms with Gasteiger partial charge in [0.2, 0.25) is 5.91 Å². The third kappa shape index (κ3) is 4.84. The van der Waals surface area contributed by atoms with Crippen molar-refractivity contribution >= 4 is 5.91 Å². The van der Waals surface area contributed by atoms with Gasteiger partial charge < -0.3 is 10.1 Å². The van der Waals surface area contributed by atoms with Gasteiger partial charge in [-0.1, -0.05) is 24.3 Å². The van der Waals surface area contributed by atoms with E-state index in [1.807, 2.05) is 6.07 Å². The van der Waals surface area contributed by atoms with E-state index >= 15 is 0 Å². The minimum Gasteiger partial charge on any atom is -0.368 e. The highest BCUT2D eigenvalue weighted by molar-refractivity contribution is 5.72. The molecule has 1 aliphatic heterocycles. The number of aryl methyl sites for hydroxylation is 1. The Balaban J connectivity index is 1.66. The van der Waals surface area contributed by atoms with Gasteiger partial charge in [0.1, 0.15) is 6.10 Å². The summed E-state index contributed by atoms with van der Waals surface area (Å²) in [6.07, 6.45) is 1.58. The molecule has 0 saturated carbocycles. The molecule has 1 fully saturated rings. The summed E-state index contributed by atoms with van der Waals surface area (Å²) in [7, 11) is 0. The zero-order valence-electron chi connectivity index (χ0n) is 14.7. The van der Waals surface area contributed by atoms with Gasteiger partial charge in [0.25, 0.3) is 0 Å². The fraction of sp³-hybridized carbons (Fsp3) is 0.421. The first-order valence-corrected chi connectivity index (χ1v) is 8.56. The predicted octanol–water partition coefficient (Wildman–Crippen LogP) is 1.99. The van der Waals surface area contributed by atoms with Gasteiger partial charge in [-0.15, -0.1) is 0 Å². The number of nitrogens with one attached hydrogen (secondary N) is 1. The van der Waals surface area contributed by atoms with E-state index in [4.69, 9.17) is 4.74 Å². The second kappa shape index (κ2) is 8.18. The molecule has 1 saturated heterocycles. The molecule has 0 aliphatic carbocycles. The van der Waals surface area contributed by atoms with Crippen molar-refractivity contribution in [2.45, 2.75) is 33.0 Å². The number of carbonyl (C=O) groups excluding carboxylic acids is 1. The van der Waals surface area contributed by atoms with Crippen LogP contribution in [-0.4, -0.2) is 40.5 Å². The molecular weight excluding hydrogens is 316 g/mol. The fourth-order valence-electron chi connectivity index (χ4n) is 2.91. The molecule has 2 heterocycles. The van der Waals surface area contributed by atoms with Crippen LogP contribution in [-0.2, 0) is 22.6 Å². The maximum atomic E-state index is 11.1. The molecule has 2 aromatic rings. The molecule has 1 amide bonds. The van der Waals surface area contributed by atoms with Crippen LogP contribution in [0.4, 0.5) is 0 Å². The number of morpholine rings is 1. The summed E-state index contributed by atoms with van der Waals surface area (Å²) in [6.45, 7) is 7.27. The van der Waals surface area contributed by atoms with Crippen LogP contribution < -0.4 is 5.32 Å². The van der Waals surface area contributed by atoms with Gasteiger partial charge >= 0.3 is 0 Å². The molecule has 1 aromatic heterocycles. The second-order valence-electron chi connectivity index (χ2n) is 6.34. The molecule has 0 spiro atoms. The van der Waals surface area contributed by atoms with Gasteiger partial charge in [0.05, 0.1) is 18.8 Å². The topological polar surface area (TPSA) is 67.4 Å². The lowest BCUT2D eigenvalue weighted by Gasteiger charge is -2.32. The van der Waals surface area contributed by atoms with E-state index < -0.39 is 0 Å². The van der Waals surface area contributed by atoms with Gasteiger partial charge in [0.15, 0.2) is 5.82 Å². The minimum atomic E-state index is -0.143. The SMILES string of the molecule is CC(=O)NCc1ccnc(C2CN(Cc3ccccc3C)CCO2)n1. The summed E-state index contributed by atoms with van der Waals surface area (Å²) in [5.41, 5.74) is 3.43. The molecule has 3 rings (SSSR count). The number of hydrogen-bond acceptors (Lipinski definition) is 5. The Kier molecular flexibility index (Phi) is 5.73. The van der Waals surface area contributed by atoms with Crippen LogP contribution in [0.25, 0.3) is 0 Å². The van der Waals surface area contributed by atoms with Crippen LogP contribution >= 0.6 is 0 Å². The lowest BCUT2D eigenvalue weighted by Crippen LogP contribution is -2.38. The third-order valence-corrected chi connectivity index (χ3v) is 4.34. The van der Waals surface area contributed by atoms with E-state index in [1.54, 1.807) is 6.20 Å². The maximum absolute atomic E-state index is 11.1. The minimum absolute atomic E-state index is 0.0708. The van der Waals surface area contributed by atoms with Crippen LogP contribution in [0, 0.1) is 6.92 Å². The van der Waals surface area contributed by atoms with Gasteiger partial charge in [-0.05, 0) is 24.1 Å². The number of aromatic nitrogens is 2. The Morgan fingerprint density at radius 3 is 3.00 bits per heavy atom. The molecule has 1 aliphatic rings. The van der Waals surface area contributed by atoms with Gasteiger partial charge in [-0.2, -0.15) is 0 Å². The second-order valence-corrected chi connectivity index (χ2v) is 6.34. The lowest BCUT2D eigenvalue weighted by molar-refractivity contribution is -0.119. The van der Waals surface area contributed by atoms with E-state index in [9.17, 15) is 4.79 Å². The third-order valence-electron chi connectivity index (χ3n) is 4.34. The summed E-state index contributed by atoms with van der Waals surface area (Å²) in [6, 6.07) is 10.3. The smallest absolute Gasteiger partial charge is 0.217 e. The van der Waals surface area contributed by atoms with Crippen molar-refractivity contribution < 1.29 is 9.53 Å². The van der Waals surface area contributed by atoms with Gasteiger partial charge in [0, 0.05) is 32.8 Å². The highest BCUT2D eigenvalue weighted by Crippen LogP contribution is 2.21. The van der Waals surface area contributed by atoms with Crippen molar-refractivity contribution in [3.63, 3.8) is 0 Å². The van der Waals surface area contributed by atoms with Crippen LogP contribution in [0.1, 0.15) is 35.7 Å². The van der Waals surface area contributed by atoms with Crippen molar-refractivity contribution in [3.8, 4) is 0 Å². The van der Waals surface area contributed by atoms with Crippen molar-refractivity contribution in [3.05, 3.63) is 59.2 Å². The molecule has 132 valence electrons. The van der Waals surface area contributed by atoms with Crippen molar-refractivity contribution in [2.24, 2.45) is 0 Å². The summed E-state index contributed by atoms with van der Waals surface area (Å²) in [4.78, 5) is 22.4. The average Bonchev–Trinajstić information content (AvgIpc) is 2.62. The number of carbonyl (C=O) groups is 1. The Hall–Kier alpha value is -2.31. The first-order chi connectivity index (χ1) is 12.1. The van der Waals surface area contributed by atoms with Crippen LogP contribution in [0.2, 0.25) is 0 Å². The first kappa shape index (κ1) is 17.5. The zero-order chi connectivity index (χ0) is 17.6. The normalized spacial score (nSPS) is 18.1. The highest BCUT2D eigenvalue weighted by atomic mass is 16.5. The molecule has 1 atom stereocenters. The number of hydrogen-bond donors (Lipinski definition) is 1. The summed E-state index contributed by atoms with van der Waals surface area (Å²) < 4.78 is 5.89. The molecule has 0 radical (unpaired) electrons. The van der Waals surface area contributed by atoms with Crippen molar-refractivity contribution in [2.75, 3.05) is 19.7 Å². The van der Waals surface area contributed by atoms with E-state index in [2.05, 4.69) is 51.4 Å². The average molecular weight is 340 g/mol. The maximum Gasteiger partial charge on any atom is 0.217 e. The first-order valence-electron chi connectivity index (χ1n) is 8.56. The van der Waals surface area contributed by atoms with Crippen LogP contribution in [0.3, 0.4) is 0 Å². The van der Waals surface area contributed by atoms with E-state index in [0.29, 0.717) is 19.0 Å². The van der Waals surface area contributed by atoms with Crippen LogP contribution in [0.15, 0.2) is 36.5 Å². The standard InChI is InChI=1S/C19H24N4O2/c1-14-5-3-4-6-16(14)12-23-9-10-25-18(13-23)19-20-8-7-17(22-19)11-21-15(2)24/h3-8,18H,9-13H2,1-2H3,(H,21,24). The fourth-order valence-corrected chi connectivity index (χ4v) is 2.91. The summed E-state index contributed by atoms with van der Waals surface area (Å²) in [5, 5.41) is 2.76. The molecule has 1 aromatic carbocycles. The van der Waals surface area contributed by atoms with Crippen molar-refractivity contribution in [1.82, 2.24) is 20.2 Å². The molecule has 1 N–H and O–H groups in total. The Morgan fingerprint density at radius 1 is 1.36 bits per heavy atom. The summed E-state index contributed by atoms with van der Waals surface area (Å²) >= 11 is 0. The number of amides is 1. The molecule has 6 nitrogen and oxygen atoms in total. The van der Waals surface area contributed by atoms with Crippen molar-refractivity contribution in [1.29, 1.82) is 0 Å².